The summed E-state index contributed by atoms with van der Waals surface area (Å²) in [5.74, 6) is 0. The molecule has 1 aromatic heterocycles. The monoisotopic (exact) mass is 227 g/mol. The third-order valence-electron chi connectivity index (χ3n) is 3.32. The van der Waals surface area contributed by atoms with E-state index in [2.05, 4.69) is 53.2 Å². The summed E-state index contributed by atoms with van der Waals surface area (Å²) in [6.45, 7) is 1.84. The number of hydrogen-bond acceptors (Lipinski definition) is 1. The fourth-order valence-corrected chi connectivity index (χ4v) is 2.45. The molecule has 0 aliphatic carbocycles. The Morgan fingerprint density at radius 1 is 1.12 bits per heavy atom. The largest absolute Gasteiger partial charge is 0.372 e. The van der Waals surface area contributed by atoms with Crippen LogP contribution in [0, 0.1) is 0 Å². The van der Waals surface area contributed by atoms with Gasteiger partial charge in [-0.05, 0) is 30.5 Å². The molecule has 2 nitrogen and oxygen atoms in total. The lowest BCUT2D eigenvalue weighted by atomic mass is 10.1. The van der Waals surface area contributed by atoms with Gasteiger partial charge < -0.3 is 9.30 Å². The van der Waals surface area contributed by atoms with E-state index in [-0.39, 0.29) is 0 Å². The van der Waals surface area contributed by atoms with Crippen LogP contribution in [0.5, 0.6) is 0 Å². The van der Waals surface area contributed by atoms with Crippen molar-refractivity contribution in [3.05, 3.63) is 59.9 Å². The lowest BCUT2D eigenvalue weighted by Gasteiger charge is -2.14. The molecule has 1 unspecified atom stereocenters. The molecule has 1 atom stereocenters. The van der Waals surface area contributed by atoms with E-state index in [1.165, 1.54) is 17.7 Å². The zero-order valence-corrected chi connectivity index (χ0v) is 9.88. The van der Waals surface area contributed by atoms with E-state index in [0.717, 1.165) is 19.6 Å². The zero-order valence-electron chi connectivity index (χ0n) is 9.88. The second-order valence-electron chi connectivity index (χ2n) is 4.55. The Morgan fingerprint density at radius 3 is 2.76 bits per heavy atom. The average molecular weight is 227 g/mol. The highest BCUT2D eigenvalue weighted by molar-refractivity contribution is 5.18. The van der Waals surface area contributed by atoms with Crippen molar-refractivity contribution in [1.29, 1.82) is 0 Å². The first-order valence-corrected chi connectivity index (χ1v) is 6.24. The van der Waals surface area contributed by atoms with Crippen LogP contribution in [0.25, 0.3) is 0 Å². The number of ether oxygens (including phenoxy) is 1. The van der Waals surface area contributed by atoms with Gasteiger partial charge >= 0.3 is 0 Å². The Hall–Kier alpha value is -1.54. The predicted molar refractivity (Wildman–Crippen MR) is 67.9 cm³/mol. The summed E-state index contributed by atoms with van der Waals surface area (Å²) in [7, 11) is 0. The van der Waals surface area contributed by atoms with Crippen molar-refractivity contribution in [2.24, 2.45) is 0 Å². The lowest BCUT2D eigenvalue weighted by molar-refractivity contribution is 0.106. The molecule has 17 heavy (non-hydrogen) atoms. The summed E-state index contributed by atoms with van der Waals surface area (Å²) >= 11 is 0. The van der Waals surface area contributed by atoms with Gasteiger partial charge in [0, 0.05) is 25.0 Å². The molecule has 3 rings (SSSR count). The molecule has 0 radical (unpaired) electrons. The van der Waals surface area contributed by atoms with Crippen LogP contribution in [-0.2, 0) is 11.3 Å². The summed E-state index contributed by atoms with van der Waals surface area (Å²) in [6.07, 6.45) is 4.78. The summed E-state index contributed by atoms with van der Waals surface area (Å²) in [6, 6.07) is 14.9. The smallest absolute Gasteiger partial charge is 0.0975 e. The van der Waals surface area contributed by atoms with Gasteiger partial charge in [0.15, 0.2) is 0 Å². The van der Waals surface area contributed by atoms with E-state index in [0.29, 0.717) is 6.10 Å². The van der Waals surface area contributed by atoms with E-state index in [1.807, 2.05) is 0 Å². The first-order valence-electron chi connectivity index (χ1n) is 6.24. The predicted octanol–water partition coefficient (Wildman–Crippen LogP) is 3.39. The Morgan fingerprint density at radius 2 is 2.00 bits per heavy atom. The minimum absolute atomic E-state index is 0.300. The highest BCUT2D eigenvalue weighted by atomic mass is 16.5. The molecule has 0 saturated carbocycles. The van der Waals surface area contributed by atoms with Gasteiger partial charge in [-0.2, -0.15) is 0 Å². The molecule has 2 heterocycles. The number of benzene rings is 1. The topological polar surface area (TPSA) is 14.2 Å². The Kier molecular flexibility index (Phi) is 2.97. The van der Waals surface area contributed by atoms with Crippen LogP contribution in [0.2, 0.25) is 0 Å². The maximum Gasteiger partial charge on any atom is 0.0975 e. The molecule has 0 bridgehead atoms. The second kappa shape index (κ2) is 4.76. The molecule has 2 aromatic rings. The first kappa shape index (κ1) is 10.6. The number of rotatable bonds is 3. The van der Waals surface area contributed by atoms with Gasteiger partial charge in [-0.3, -0.25) is 0 Å². The van der Waals surface area contributed by atoms with Crippen LogP contribution in [0.15, 0.2) is 48.7 Å². The maximum absolute atomic E-state index is 5.75. The standard InChI is InChI=1S/C15H17NO/c1-2-6-13(7-3-1)12-16-10-4-8-14(16)15-9-5-11-17-15/h1-4,6-8,10,15H,5,9,11-12H2. The van der Waals surface area contributed by atoms with E-state index in [1.54, 1.807) is 0 Å². The molecule has 0 amide bonds. The molecule has 1 aliphatic rings. The fraction of sp³-hybridized carbons (Fsp3) is 0.333. The van der Waals surface area contributed by atoms with Crippen molar-refractivity contribution in [3.8, 4) is 0 Å². The van der Waals surface area contributed by atoms with Gasteiger partial charge in [0.25, 0.3) is 0 Å². The Labute approximate surface area is 102 Å². The van der Waals surface area contributed by atoms with Crippen molar-refractivity contribution in [2.75, 3.05) is 6.61 Å². The van der Waals surface area contributed by atoms with Gasteiger partial charge in [0.05, 0.1) is 6.10 Å². The van der Waals surface area contributed by atoms with Crippen LogP contribution in [0.1, 0.15) is 30.2 Å². The number of hydrogen-bond donors (Lipinski definition) is 0. The van der Waals surface area contributed by atoms with Crippen molar-refractivity contribution < 1.29 is 4.74 Å². The average Bonchev–Trinajstić information content (AvgIpc) is 3.00. The summed E-state index contributed by atoms with van der Waals surface area (Å²) in [5, 5.41) is 0. The van der Waals surface area contributed by atoms with E-state index in [4.69, 9.17) is 4.74 Å². The van der Waals surface area contributed by atoms with E-state index < -0.39 is 0 Å². The highest BCUT2D eigenvalue weighted by Crippen LogP contribution is 2.29. The van der Waals surface area contributed by atoms with Crippen LogP contribution in [0.3, 0.4) is 0 Å². The minimum atomic E-state index is 0.300. The van der Waals surface area contributed by atoms with Gasteiger partial charge in [0.1, 0.15) is 0 Å². The Bertz CT molecular complexity index is 469. The molecule has 0 N–H and O–H groups in total. The normalized spacial score (nSPS) is 19.6. The quantitative estimate of drug-likeness (QED) is 0.784. The lowest BCUT2D eigenvalue weighted by Crippen LogP contribution is -2.07. The van der Waals surface area contributed by atoms with Crippen LogP contribution >= 0.6 is 0 Å². The summed E-state index contributed by atoms with van der Waals surface area (Å²) in [4.78, 5) is 0. The summed E-state index contributed by atoms with van der Waals surface area (Å²) < 4.78 is 8.05. The number of nitrogens with zero attached hydrogens (tertiary/aromatic N) is 1. The molecule has 1 aliphatic heterocycles. The van der Waals surface area contributed by atoms with Gasteiger partial charge in [-0.25, -0.2) is 0 Å². The fourth-order valence-electron chi connectivity index (χ4n) is 2.45. The molecular weight excluding hydrogens is 210 g/mol. The zero-order chi connectivity index (χ0) is 11.5. The van der Waals surface area contributed by atoms with Crippen molar-refractivity contribution in [1.82, 2.24) is 4.57 Å². The van der Waals surface area contributed by atoms with Crippen molar-refractivity contribution in [2.45, 2.75) is 25.5 Å². The third kappa shape index (κ3) is 2.27. The molecule has 1 aromatic carbocycles. The van der Waals surface area contributed by atoms with Crippen LogP contribution < -0.4 is 0 Å². The SMILES string of the molecule is c1ccc(Cn2cccc2C2CCCO2)cc1. The molecular formula is C15H17NO. The first-order chi connectivity index (χ1) is 8.43. The third-order valence-corrected chi connectivity index (χ3v) is 3.32. The van der Waals surface area contributed by atoms with Gasteiger partial charge in [0.2, 0.25) is 0 Å². The molecule has 1 fully saturated rings. The van der Waals surface area contributed by atoms with Crippen LogP contribution in [-0.4, -0.2) is 11.2 Å². The van der Waals surface area contributed by atoms with Gasteiger partial charge in [-0.1, -0.05) is 30.3 Å². The molecule has 2 heteroatoms. The van der Waals surface area contributed by atoms with Crippen molar-refractivity contribution in [3.63, 3.8) is 0 Å². The van der Waals surface area contributed by atoms with Crippen LogP contribution in [0.4, 0.5) is 0 Å². The second-order valence-corrected chi connectivity index (χ2v) is 4.55. The van der Waals surface area contributed by atoms with Gasteiger partial charge in [-0.15, -0.1) is 0 Å². The summed E-state index contributed by atoms with van der Waals surface area (Å²) in [5.41, 5.74) is 2.65. The highest BCUT2D eigenvalue weighted by Gasteiger charge is 2.20. The van der Waals surface area contributed by atoms with Crippen molar-refractivity contribution >= 4 is 0 Å². The van der Waals surface area contributed by atoms with E-state index >= 15 is 0 Å². The molecule has 0 spiro atoms. The minimum Gasteiger partial charge on any atom is -0.372 e. The molecule has 1 saturated heterocycles. The van der Waals surface area contributed by atoms with E-state index in [9.17, 15) is 0 Å². The maximum atomic E-state index is 5.75. The number of aromatic nitrogens is 1. The molecule has 88 valence electrons. The Balaban J connectivity index is 1.81.